The van der Waals surface area contributed by atoms with E-state index in [9.17, 15) is 0 Å². The molecule has 1 atom stereocenters. The second-order valence-electron chi connectivity index (χ2n) is 3.86. The Bertz CT molecular complexity index is 135. The summed E-state index contributed by atoms with van der Waals surface area (Å²) in [6, 6.07) is 0.253. The number of rotatable bonds is 11. The van der Waals surface area contributed by atoms with Gasteiger partial charge in [-0.1, -0.05) is 6.92 Å². The summed E-state index contributed by atoms with van der Waals surface area (Å²) in [5, 5.41) is 0. The van der Waals surface area contributed by atoms with E-state index in [1.54, 1.807) is 0 Å². The molecule has 0 aliphatic heterocycles. The highest BCUT2D eigenvalue weighted by Crippen LogP contribution is 1.95. The molecule has 98 valence electrons. The van der Waals surface area contributed by atoms with E-state index in [-0.39, 0.29) is 6.04 Å². The van der Waals surface area contributed by atoms with E-state index in [0.29, 0.717) is 0 Å². The number of hydrogen-bond donors (Lipinski definition) is 1. The SMILES string of the molecule is CCOCCN(CCOCC)CC(N)CC. The van der Waals surface area contributed by atoms with Crippen LogP contribution >= 0.6 is 0 Å². The lowest BCUT2D eigenvalue weighted by Gasteiger charge is -2.24. The van der Waals surface area contributed by atoms with Crippen molar-refractivity contribution in [3.05, 3.63) is 0 Å². The Morgan fingerprint density at radius 3 is 1.88 bits per heavy atom. The van der Waals surface area contributed by atoms with Crippen LogP contribution in [-0.2, 0) is 9.47 Å². The van der Waals surface area contributed by atoms with Crippen LogP contribution in [-0.4, -0.2) is 57.0 Å². The van der Waals surface area contributed by atoms with Crippen LogP contribution in [0.15, 0.2) is 0 Å². The lowest BCUT2D eigenvalue weighted by atomic mass is 10.2. The Kier molecular flexibility index (Phi) is 11.2. The van der Waals surface area contributed by atoms with Crippen LogP contribution < -0.4 is 5.73 Å². The van der Waals surface area contributed by atoms with Gasteiger partial charge in [-0.15, -0.1) is 0 Å². The molecule has 0 bridgehead atoms. The van der Waals surface area contributed by atoms with Gasteiger partial charge in [-0.05, 0) is 20.3 Å². The predicted octanol–water partition coefficient (Wildman–Crippen LogP) is 1.10. The first-order valence-corrected chi connectivity index (χ1v) is 6.37. The van der Waals surface area contributed by atoms with E-state index in [1.165, 1.54) is 0 Å². The molecule has 0 aromatic rings. The minimum absolute atomic E-state index is 0.253. The summed E-state index contributed by atoms with van der Waals surface area (Å²) in [5.41, 5.74) is 5.96. The molecule has 0 aromatic heterocycles. The summed E-state index contributed by atoms with van der Waals surface area (Å²) in [7, 11) is 0. The molecule has 0 aliphatic rings. The van der Waals surface area contributed by atoms with Crippen LogP contribution in [0.2, 0.25) is 0 Å². The molecular weight excluding hydrogens is 204 g/mol. The van der Waals surface area contributed by atoms with Crippen LogP contribution in [0, 0.1) is 0 Å². The van der Waals surface area contributed by atoms with E-state index < -0.39 is 0 Å². The summed E-state index contributed by atoms with van der Waals surface area (Å²) in [6.07, 6.45) is 1.01. The fourth-order valence-electron chi connectivity index (χ4n) is 1.43. The van der Waals surface area contributed by atoms with E-state index in [0.717, 1.165) is 52.5 Å². The molecule has 4 heteroatoms. The molecule has 2 N–H and O–H groups in total. The second kappa shape index (κ2) is 11.3. The first-order valence-electron chi connectivity index (χ1n) is 6.37. The van der Waals surface area contributed by atoms with Crippen LogP contribution in [0.4, 0.5) is 0 Å². The fraction of sp³-hybridized carbons (Fsp3) is 1.00. The van der Waals surface area contributed by atoms with E-state index in [2.05, 4.69) is 11.8 Å². The minimum Gasteiger partial charge on any atom is -0.380 e. The molecule has 4 nitrogen and oxygen atoms in total. The average molecular weight is 232 g/mol. The van der Waals surface area contributed by atoms with Crippen molar-refractivity contribution in [2.24, 2.45) is 5.73 Å². The van der Waals surface area contributed by atoms with Crippen LogP contribution in [0.5, 0.6) is 0 Å². The zero-order chi connectivity index (χ0) is 12.2. The Labute approximate surface area is 100 Å². The van der Waals surface area contributed by atoms with Crippen molar-refractivity contribution in [1.29, 1.82) is 0 Å². The number of nitrogens with two attached hydrogens (primary N) is 1. The second-order valence-corrected chi connectivity index (χ2v) is 3.86. The number of ether oxygens (including phenoxy) is 2. The van der Waals surface area contributed by atoms with Crippen LogP contribution in [0.1, 0.15) is 27.2 Å². The summed E-state index contributed by atoms with van der Waals surface area (Å²) >= 11 is 0. The smallest absolute Gasteiger partial charge is 0.0593 e. The average Bonchev–Trinajstić information content (AvgIpc) is 2.29. The zero-order valence-electron chi connectivity index (χ0n) is 11.1. The lowest BCUT2D eigenvalue weighted by molar-refractivity contribution is 0.0801. The van der Waals surface area contributed by atoms with Crippen molar-refractivity contribution < 1.29 is 9.47 Å². The van der Waals surface area contributed by atoms with E-state index >= 15 is 0 Å². The van der Waals surface area contributed by atoms with Gasteiger partial charge < -0.3 is 15.2 Å². The molecule has 0 saturated carbocycles. The molecule has 0 amide bonds. The standard InChI is InChI=1S/C12H28N2O2/c1-4-12(13)11-14(7-9-15-5-2)8-10-16-6-3/h12H,4-11,13H2,1-3H3. The Morgan fingerprint density at radius 2 is 1.50 bits per heavy atom. The molecule has 0 fully saturated rings. The summed E-state index contributed by atoms with van der Waals surface area (Å²) in [6.45, 7) is 12.1. The van der Waals surface area contributed by atoms with E-state index in [4.69, 9.17) is 15.2 Å². The Hall–Kier alpha value is -0.160. The van der Waals surface area contributed by atoms with Gasteiger partial charge in [0.2, 0.25) is 0 Å². The molecule has 0 aliphatic carbocycles. The highest BCUT2D eigenvalue weighted by molar-refractivity contribution is 4.66. The Morgan fingerprint density at radius 1 is 1.00 bits per heavy atom. The van der Waals surface area contributed by atoms with E-state index in [1.807, 2.05) is 13.8 Å². The van der Waals surface area contributed by atoms with Crippen LogP contribution in [0.25, 0.3) is 0 Å². The topological polar surface area (TPSA) is 47.7 Å². The van der Waals surface area contributed by atoms with Crippen LogP contribution in [0.3, 0.4) is 0 Å². The minimum atomic E-state index is 0.253. The van der Waals surface area contributed by atoms with Gasteiger partial charge in [0.05, 0.1) is 13.2 Å². The van der Waals surface area contributed by atoms with Gasteiger partial charge in [-0.2, -0.15) is 0 Å². The summed E-state index contributed by atoms with van der Waals surface area (Å²) in [4.78, 5) is 2.32. The van der Waals surface area contributed by atoms with Crippen molar-refractivity contribution in [2.45, 2.75) is 33.2 Å². The van der Waals surface area contributed by atoms with Gasteiger partial charge in [-0.3, -0.25) is 4.90 Å². The number of hydrogen-bond acceptors (Lipinski definition) is 4. The molecule has 0 rings (SSSR count). The van der Waals surface area contributed by atoms with Crippen molar-refractivity contribution in [2.75, 3.05) is 46.1 Å². The molecule has 16 heavy (non-hydrogen) atoms. The third-order valence-electron chi connectivity index (χ3n) is 2.53. The third-order valence-corrected chi connectivity index (χ3v) is 2.53. The molecule has 0 saturated heterocycles. The first kappa shape index (κ1) is 15.8. The highest BCUT2D eigenvalue weighted by atomic mass is 16.5. The molecule has 0 aromatic carbocycles. The van der Waals surface area contributed by atoms with Crippen molar-refractivity contribution in [3.8, 4) is 0 Å². The normalized spacial score (nSPS) is 13.3. The molecule has 0 heterocycles. The summed E-state index contributed by atoms with van der Waals surface area (Å²) in [5.74, 6) is 0. The van der Waals surface area contributed by atoms with Gasteiger partial charge in [0.25, 0.3) is 0 Å². The molecule has 1 unspecified atom stereocenters. The largest absolute Gasteiger partial charge is 0.380 e. The highest BCUT2D eigenvalue weighted by Gasteiger charge is 2.08. The maximum Gasteiger partial charge on any atom is 0.0593 e. The van der Waals surface area contributed by atoms with Gasteiger partial charge in [0, 0.05) is 38.9 Å². The predicted molar refractivity (Wildman–Crippen MR) is 67.7 cm³/mol. The van der Waals surface area contributed by atoms with Crippen molar-refractivity contribution >= 4 is 0 Å². The van der Waals surface area contributed by atoms with Gasteiger partial charge in [0.15, 0.2) is 0 Å². The van der Waals surface area contributed by atoms with Crippen molar-refractivity contribution in [1.82, 2.24) is 4.90 Å². The maximum atomic E-state index is 5.96. The monoisotopic (exact) mass is 232 g/mol. The fourth-order valence-corrected chi connectivity index (χ4v) is 1.43. The summed E-state index contributed by atoms with van der Waals surface area (Å²) < 4.78 is 10.7. The van der Waals surface area contributed by atoms with Gasteiger partial charge in [-0.25, -0.2) is 0 Å². The number of nitrogens with zero attached hydrogens (tertiary/aromatic N) is 1. The lowest BCUT2D eigenvalue weighted by Crippen LogP contribution is -2.40. The quantitative estimate of drug-likeness (QED) is 0.542. The molecule has 0 spiro atoms. The van der Waals surface area contributed by atoms with Crippen molar-refractivity contribution in [3.63, 3.8) is 0 Å². The maximum absolute atomic E-state index is 5.96. The zero-order valence-corrected chi connectivity index (χ0v) is 11.1. The van der Waals surface area contributed by atoms with Gasteiger partial charge >= 0.3 is 0 Å². The van der Waals surface area contributed by atoms with Gasteiger partial charge in [0.1, 0.15) is 0 Å². The first-order chi connectivity index (χ1) is 7.74. The Balaban J connectivity index is 3.75. The molecule has 0 radical (unpaired) electrons. The molecular formula is C12H28N2O2. The third kappa shape index (κ3) is 9.09.